The van der Waals surface area contributed by atoms with E-state index in [-0.39, 0.29) is 35.3 Å². The average molecular weight is 471 g/mol. The van der Waals surface area contributed by atoms with Crippen LogP contribution in [0.5, 0.6) is 0 Å². The van der Waals surface area contributed by atoms with E-state index in [0.29, 0.717) is 16.8 Å². The lowest BCUT2D eigenvalue weighted by Gasteiger charge is -2.23. The van der Waals surface area contributed by atoms with Crippen LogP contribution in [0, 0.1) is 5.82 Å². The number of carbonyl (C=O) groups excluding carboxylic acids is 1. The molecule has 3 aromatic heterocycles. The van der Waals surface area contributed by atoms with Crippen LogP contribution in [-0.2, 0) is 16.6 Å². The molecule has 1 atom stereocenters. The van der Waals surface area contributed by atoms with Crippen LogP contribution in [0.4, 0.5) is 29.2 Å². The summed E-state index contributed by atoms with van der Waals surface area (Å²) in [5, 5.41) is 2.68. The van der Waals surface area contributed by atoms with Crippen LogP contribution in [0.2, 0.25) is 0 Å². The van der Waals surface area contributed by atoms with Crippen LogP contribution in [0.25, 0.3) is 17.2 Å². The number of alkyl halides is 3. The molecule has 5 rings (SSSR count). The van der Waals surface area contributed by atoms with Crippen molar-refractivity contribution in [1.82, 2.24) is 24.3 Å². The van der Waals surface area contributed by atoms with E-state index >= 15 is 0 Å². The summed E-state index contributed by atoms with van der Waals surface area (Å²) in [6.07, 6.45) is -1.25. The summed E-state index contributed by atoms with van der Waals surface area (Å²) in [7, 11) is 0. The summed E-state index contributed by atoms with van der Waals surface area (Å²) in [6.45, 7) is 1.63. The first kappa shape index (κ1) is 21.7. The van der Waals surface area contributed by atoms with E-state index < -0.39 is 29.7 Å². The molecule has 34 heavy (non-hydrogen) atoms. The number of amides is 1. The van der Waals surface area contributed by atoms with Gasteiger partial charge < -0.3 is 15.5 Å². The highest BCUT2D eigenvalue weighted by atomic mass is 19.4. The third-order valence-corrected chi connectivity index (χ3v) is 5.86. The third kappa shape index (κ3) is 3.51. The fourth-order valence-electron chi connectivity index (χ4n) is 4.11. The number of nitrogens with one attached hydrogen (secondary N) is 1. The summed E-state index contributed by atoms with van der Waals surface area (Å²) in [5.41, 5.74) is 6.40. The maximum absolute atomic E-state index is 13.4. The molecule has 3 N–H and O–H groups in total. The standard InChI is InChI=1S/C22H17F4N7O/c1-21(11-2-4-12(23)5-3-11)15-16(27)30-17(31-18(15)32-20(21)34)14-10-33-9-8-28-19(33)13(29-14)6-7-22(24,25)26/h2-5,8-10H,6-7H2,1H3,(H3,27,30,31,32,34). The van der Waals surface area contributed by atoms with Crippen molar-refractivity contribution in [3.05, 3.63) is 65.5 Å². The van der Waals surface area contributed by atoms with Crippen molar-refractivity contribution in [2.75, 3.05) is 11.1 Å². The first-order chi connectivity index (χ1) is 16.1. The molecule has 1 aliphatic heterocycles. The van der Waals surface area contributed by atoms with Gasteiger partial charge in [-0.3, -0.25) is 4.79 Å². The number of rotatable bonds is 4. The highest BCUT2D eigenvalue weighted by molar-refractivity contribution is 6.09. The molecule has 8 nitrogen and oxygen atoms in total. The number of fused-ring (bicyclic) bond motifs is 2. The summed E-state index contributed by atoms with van der Waals surface area (Å²) >= 11 is 0. The minimum absolute atomic E-state index is 0.00505. The van der Waals surface area contributed by atoms with Gasteiger partial charge in [0.05, 0.1) is 11.3 Å². The lowest BCUT2D eigenvalue weighted by Crippen LogP contribution is -2.33. The molecule has 0 radical (unpaired) electrons. The largest absolute Gasteiger partial charge is 0.389 e. The van der Waals surface area contributed by atoms with Gasteiger partial charge in [-0.15, -0.1) is 0 Å². The van der Waals surface area contributed by atoms with Crippen LogP contribution in [0.15, 0.2) is 42.9 Å². The fraction of sp³-hybridized carbons (Fsp3) is 0.227. The van der Waals surface area contributed by atoms with Gasteiger partial charge in [0.15, 0.2) is 11.5 Å². The Bertz CT molecular complexity index is 1430. The molecule has 0 spiro atoms. The van der Waals surface area contributed by atoms with Crippen LogP contribution in [0.1, 0.15) is 30.2 Å². The molecule has 1 amide bonds. The predicted molar refractivity (Wildman–Crippen MR) is 114 cm³/mol. The zero-order valence-electron chi connectivity index (χ0n) is 17.7. The maximum atomic E-state index is 13.4. The normalized spacial score (nSPS) is 17.7. The molecular formula is C22H17F4N7O. The molecule has 0 saturated heterocycles. The zero-order valence-corrected chi connectivity index (χ0v) is 17.7. The van der Waals surface area contributed by atoms with Crippen molar-refractivity contribution in [3.8, 4) is 11.5 Å². The van der Waals surface area contributed by atoms with Gasteiger partial charge in [0.1, 0.15) is 28.6 Å². The maximum Gasteiger partial charge on any atom is 0.389 e. The van der Waals surface area contributed by atoms with Crippen molar-refractivity contribution in [1.29, 1.82) is 0 Å². The molecule has 0 saturated carbocycles. The highest BCUT2D eigenvalue weighted by Gasteiger charge is 2.47. The lowest BCUT2D eigenvalue weighted by atomic mass is 9.78. The second-order valence-corrected chi connectivity index (χ2v) is 8.09. The Morgan fingerprint density at radius 2 is 1.88 bits per heavy atom. The Kier molecular flexibility index (Phi) is 4.78. The highest BCUT2D eigenvalue weighted by Crippen LogP contribution is 2.44. The van der Waals surface area contributed by atoms with Crippen LogP contribution in [-0.4, -0.2) is 36.4 Å². The number of anilines is 2. The monoisotopic (exact) mass is 471 g/mol. The number of aryl methyl sites for hydroxylation is 1. The number of imidazole rings is 1. The average Bonchev–Trinajstić information content (AvgIpc) is 3.35. The van der Waals surface area contributed by atoms with Gasteiger partial charge in [0.25, 0.3) is 0 Å². The fourth-order valence-corrected chi connectivity index (χ4v) is 4.11. The second-order valence-electron chi connectivity index (χ2n) is 8.09. The Morgan fingerprint density at radius 3 is 2.59 bits per heavy atom. The van der Waals surface area contributed by atoms with Gasteiger partial charge in [-0.05, 0) is 24.6 Å². The number of halogens is 4. The third-order valence-electron chi connectivity index (χ3n) is 5.86. The topological polar surface area (TPSA) is 111 Å². The molecule has 0 bridgehead atoms. The zero-order chi connectivity index (χ0) is 24.3. The van der Waals surface area contributed by atoms with E-state index in [2.05, 4.69) is 25.3 Å². The molecular weight excluding hydrogens is 454 g/mol. The smallest absolute Gasteiger partial charge is 0.383 e. The van der Waals surface area contributed by atoms with Crippen molar-refractivity contribution < 1.29 is 22.4 Å². The SMILES string of the molecule is CC1(c2ccc(F)cc2)C(=O)Nc2nc(-c3cn4ccnc4c(CCC(F)(F)F)n3)nc(N)c21. The van der Waals surface area contributed by atoms with Gasteiger partial charge >= 0.3 is 6.18 Å². The number of hydrogen-bond donors (Lipinski definition) is 2. The number of nitrogens with two attached hydrogens (primary N) is 1. The van der Waals surface area contributed by atoms with Gasteiger partial charge in [-0.25, -0.2) is 24.3 Å². The number of hydrogen-bond acceptors (Lipinski definition) is 6. The summed E-state index contributed by atoms with van der Waals surface area (Å²) in [6, 6.07) is 5.45. The molecule has 1 unspecified atom stereocenters. The quantitative estimate of drug-likeness (QED) is 0.440. The second kappa shape index (κ2) is 7.47. The summed E-state index contributed by atoms with van der Waals surface area (Å²) < 4.78 is 53.4. The molecule has 4 heterocycles. The number of benzene rings is 1. The van der Waals surface area contributed by atoms with Gasteiger partial charge in [0.2, 0.25) is 5.91 Å². The first-order valence-corrected chi connectivity index (χ1v) is 10.2. The minimum Gasteiger partial charge on any atom is -0.383 e. The predicted octanol–water partition coefficient (Wildman–Crippen LogP) is 3.66. The van der Waals surface area contributed by atoms with Gasteiger partial charge in [-0.2, -0.15) is 13.2 Å². The number of carbonyl (C=O) groups is 1. The van der Waals surface area contributed by atoms with Crippen molar-refractivity contribution >= 4 is 23.2 Å². The number of aromatic nitrogens is 5. The van der Waals surface area contributed by atoms with E-state index in [1.165, 1.54) is 41.1 Å². The molecule has 1 aliphatic rings. The first-order valence-electron chi connectivity index (χ1n) is 10.2. The molecule has 0 aliphatic carbocycles. The van der Waals surface area contributed by atoms with E-state index in [0.717, 1.165) is 0 Å². The number of nitrogens with zero attached hydrogens (tertiary/aromatic N) is 5. The Labute approximate surface area is 189 Å². The summed E-state index contributed by atoms with van der Waals surface area (Å²) in [4.78, 5) is 30.1. The minimum atomic E-state index is -4.36. The Balaban J connectivity index is 1.60. The molecule has 0 fully saturated rings. The lowest BCUT2D eigenvalue weighted by molar-refractivity contribution is -0.134. The van der Waals surface area contributed by atoms with Crippen molar-refractivity contribution in [2.45, 2.75) is 31.4 Å². The Morgan fingerprint density at radius 1 is 1.15 bits per heavy atom. The van der Waals surface area contributed by atoms with E-state index in [1.807, 2.05) is 0 Å². The van der Waals surface area contributed by atoms with Crippen LogP contribution < -0.4 is 11.1 Å². The molecule has 4 aromatic rings. The van der Waals surface area contributed by atoms with Crippen LogP contribution in [0.3, 0.4) is 0 Å². The molecule has 12 heteroatoms. The van der Waals surface area contributed by atoms with E-state index in [1.54, 1.807) is 13.1 Å². The molecule has 174 valence electrons. The van der Waals surface area contributed by atoms with E-state index in [9.17, 15) is 22.4 Å². The van der Waals surface area contributed by atoms with Gasteiger partial charge in [-0.1, -0.05) is 12.1 Å². The summed E-state index contributed by atoms with van der Waals surface area (Å²) in [5.74, 6) is -0.689. The van der Waals surface area contributed by atoms with Crippen LogP contribution >= 0.6 is 0 Å². The van der Waals surface area contributed by atoms with Crippen molar-refractivity contribution in [3.63, 3.8) is 0 Å². The van der Waals surface area contributed by atoms with E-state index in [4.69, 9.17) is 5.73 Å². The van der Waals surface area contributed by atoms with Gasteiger partial charge in [0, 0.05) is 31.4 Å². The Hall–Kier alpha value is -4.09. The molecule has 1 aromatic carbocycles. The van der Waals surface area contributed by atoms with Crippen molar-refractivity contribution in [2.24, 2.45) is 0 Å². The number of nitrogen functional groups attached to an aromatic ring is 1.